The topological polar surface area (TPSA) is 74.2 Å². The molecule has 1 amide bonds. The summed E-state index contributed by atoms with van der Waals surface area (Å²) in [5.41, 5.74) is 3.61. The first kappa shape index (κ1) is 15.6. The number of hydrogen-bond acceptors (Lipinski definition) is 4. The molecule has 2 N–H and O–H groups in total. The number of carbonyl (C=O) groups excluding carboxylic acids is 1. The van der Waals surface area contributed by atoms with E-state index >= 15 is 0 Å². The van der Waals surface area contributed by atoms with Crippen molar-refractivity contribution in [2.75, 3.05) is 13.6 Å². The Bertz CT molecular complexity index is 635. The van der Waals surface area contributed by atoms with Crippen LogP contribution in [0.25, 0.3) is 0 Å². The van der Waals surface area contributed by atoms with Gasteiger partial charge >= 0.3 is 0 Å². The number of amides is 1. The van der Waals surface area contributed by atoms with Gasteiger partial charge in [0.15, 0.2) is 5.69 Å². The van der Waals surface area contributed by atoms with E-state index in [0.717, 1.165) is 35.5 Å². The number of nitrogens with zero attached hydrogens (tertiary/aromatic N) is 2. The predicted octanol–water partition coefficient (Wildman–Crippen LogP) is 1.65. The smallest absolute Gasteiger partial charge is 0.274 e. The Kier molecular flexibility index (Phi) is 4.69. The fourth-order valence-corrected chi connectivity index (χ4v) is 2.49. The lowest BCUT2D eigenvalue weighted by Crippen LogP contribution is -2.30. The van der Waals surface area contributed by atoms with Crippen molar-refractivity contribution >= 4 is 18.3 Å². The van der Waals surface area contributed by atoms with Gasteiger partial charge in [0, 0.05) is 49.9 Å². The number of hydrogen-bond donors (Lipinski definition) is 2. The molecule has 114 valence electrons. The summed E-state index contributed by atoms with van der Waals surface area (Å²) in [6.07, 6.45) is 2.53. The normalized spacial score (nSPS) is 13.4. The Hall–Kier alpha value is -1.79. The lowest BCUT2D eigenvalue weighted by atomic mass is 10.1. The van der Waals surface area contributed by atoms with E-state index in [4.69, 9.17) is 4.42 Å². The molecule has 0 aromatic carbocycles. The molecule has 21 heavy (non-hydrogen) atoms. The molecule has 1 aliphatic heterocycles. The summed E-state index contributed by atoms with van der Waals surface area (Å²) >= 11 is 0. The maximum Gasteiger partial charge on any atom is 0.274 e. The van der Waals surface area contributed by atoms with Crippen molar-refractivity contribution in [1.29, 1.82) is 0 Å². The summed E-state index contributed by atoms with van der Waals surface area (Å²) < 4.78 is 5.26. The third-order valence-electron chi connectivity index (χ3n) is 3.73. The summed E-state index contributed by atoms with van der Waals surface area (Å²) in [5, 5.41) is 10.4. The lowest BCUT2D eigenvalue weighted by Gasteiger charge is -2.18. The van der Waals surface area contributed by atoms with E-state index in [2.05, 4.69) is 15.5 Å². The number of H-pyrrole nitrogens is 1. The average molecular weight is 311 g/mol. The van der Waals surface area contributed by atoms with Crippen LogP contribution in [-0.2, 0) is 19.5 Å². The Morgan fingerprint density at radius 2 is 2.33 bits per heavy atom. The van der Waals surface area contributed by atoms with E-state index in [0.29, 0.717) is 18.8 Å². The molecule has 7 heteroatoms. The summed E-state index contributed by atoms with van der Waals surface area (Å²) in [7, 11) is 1.78. The second kappa shape index (κ2) is 6.32. The Balaban J connectivity index is 0.00000161. The Morgan fingerprint density at radius 3 is 3.05 bits per heavy atom. The SMILES string of the molecule is Cc1occc1CN(C)C(=O)c1n[nH]c2c1CNCC2.Cl. The molecule has 3 rings (SSSR count). The van der Waals surface area contributed by atoms with Crippen molar-refractivity contribution in [2.24, 2.45) is 0 Å². The molecule has 0 saturated heterocycles. The molecule has 0 atom stereocenters. The minimum absolute atomic E-state index is 0. The molecule has 3 heterocycles. The molecule has 0 spiro atoms. The van der Waals surface area contributed by atoms with E-state index in [1.807, 2.05) is 13.0 Å². The Labute approximate surface area is 129 Å². The standard InChI is InChI=1S/C14H18N4O2.ClH/c1-9-10(4-6-20-9)8-18(2)14(19)13-11-7-15-5-3-12(11)16-17-13;/h4,6,15H,3,5,7-8H2,1-2H3,(H,16,17);1H. The zero-order valence-corrected chi connectivity index (χ0v) is 12.9. The number of nitrogens with one attached hydrogen (secondary N) is 2. The lowest BCUT2D eigenvalue weighted by molar-refractivity contribution is 0.0777. The molecule has 0 radical (unpaired) electrons. The number of aryl methyl sites for hydroxylation is 1. The minimum Gasteiger partial charge on any atom is -0.469 e. The Morgan fingerprint density at radius 1 is 1.52 bits per heavy atom. The van der Waals surface area contributed by atoms with E-state index in [-0.39, 0.29) is 18.3 Å². The maximum atomic E-state index is 12.5. The van der Waals surface area contributed by atoms with Crippen LogP contribution in [0, 0.1) is 6.92 Å². The molecule has 2 aromatic heterocycles. The van der Waals surface area contributed by atoms with E-state index in [1.54, 1.807) is 18.2 Å². The van der Waals surface area contributed by atoms with Gasteiger partial charge in [-0.2, -0.15) is 5.10 Å². The van der Waals surface area contributed by atoms with Gasteiger partial charge in [-0.15, -0.1) is 12.4 Å². The summed E-state index contributed by atoms with van der Waals surface area (Å²) in [5.74, 6) is 0.780. The van der Waals surface area contributed by atoms with Crippen molar-refractivity contribution < 1.29 is 9.21 Å². The fourth-order valence-electron chi connectivity index (χ4n) is 2.49. The second-order valence-corrected chi connectivity index (χ2v) is 5.12. The fraction of sp³-hybridized carbons (Fsp3) is 0.429. The van der Waals surface area contributed by atoms with Gasteiger partial charge in [0.05, 0.1) is 6.26 Å². The first-order valence-electron chi connectivity index (χ1n) is 6.72. The van der Waals surface area contributed by atoms with Gasteiger partial charge < -0.3 is 14.6 Å². The second-order valence-electron chi connectivity index (χ2n) is 5.12. The van der Waals surface area contributed by atoms with Crippen LogP contribution in [0.4, 0.5) is 0 Å². The van der Waals surface area contributed by atoms with Crippen molar-refractivity contribution in [1.82, 2.24) is 20.4 Å². The number of rotatable bonds is 3. The summed E-state index contributed by atoms with van der Waals surface area (Å²) in [6, 6.07) is 1.89. The molecule has 2 aromatic rings. The molecular formula is C14H19ClN4O2. The van der Waals surface area contributed by atoms with Crippen LogP contribution in [0.1, 0.15) is 33.1 Å². The number of halogens is 1. The van der Waals surface area contributed by atoms with Crippen molar-refractivity contribution in [2.45, 2.75) is 26.4 Å². The van der Waals surface area contributed by atoms with E-state index in [9.17, 15) is 4.79 Å². The maximum absolute atomic E-state index is 12.5. The average Bonchev–Trinajstić information content (AvgIpc) is 3.05. The van der Waals surface area contributed by atoms with Crippen LogP contribution in [0.3, 0.4) is 0 Å². The van der Waals surface area contributed by atoms with Gasteiger partial charge in [-0.05, 0) is 13.0 Å². The summed E-state index contributed by atoms with van der Waals surface area (Å²) in [4.78, 5) is 14.2. The minimum atomic E-state index is -0.0631. The predicted molar refractivity (Wildman–Crippen MR) is 80.5 cm³/mol. The number of carbonyl (C=O) groups is 1. The quantitative estimate of drug-likeness (QED) is 0.904. The first-order valence-corrected chi connectivity index (χ1v) is 6.72. The molecule has 0 bridgehead atoms. The van der Waals surface area contributed by atoms with E-state index in [1.165, 1.54) is 0 Å². The zero-order valence-electron chi connectivity index (χ0n) is 12.1. The van der Waals surface area contributed by atoms with Gasteiger partial charge in [-0.1, -0.05) is 0 Å². The molecule has 0 unspecified atom stereocenters. The monoisotopic (exact) mass is 310 g/mol. The van der Waals surface area contributed by atoms with Gasteiger partial charge in [0.2, 0.25) is 0 Å². The molecule has 0 aliphatic carbocycles. The van der Waals surface area contributed by atoms with Crippen molar-refractivity contribution in [3.8, 4) is 0 Å². The van der Waals surface area contributed by atoms with Crippen LogP contribution in [0.2, 0.25) is 0 Å². The van der Waals surface area contributed by atoms with Crippen LogP contribution < -0.4 is 5.32 Å². The molecule has 0 fully saturated rings. The van der Waals surface area contributed by atoms with E-state index < -0.39 is 0 Å². The van der Waals surface area contributed by atoms with Crippen LogP contribution in [0.15, 0.2) is 16.7 Å². The highest BCUT2D eigenvalue weighted by Crippen LogP contribution is 2.18. The van der Waals surface area contributed by atoms with Crippen LogP contribution in [-0.4, -0.2) is 34.6 Å². The third kappa shape index (κ3) is 2.96. The first-order chi connectivity index (χ1) is 9.66. The molecule has 1 aliphatic rings. The third-order valence-corrected chi connectivity index (χ3v) is 3.73. The van der Waals surface area contributed by atoms with Crippen LogP contribution >= 0.6 is 12.4 Å². The number of aromatic nitrogens is 2. The van der Waals surface area contributed by atoms with Gasteiger partial charge in [0.1, 0.15) is 5.76 Å². The van der Waals surface area contributed by atoms with Gasteiger partial charge in [0.25, 0.3) is 5.91 Å². The van der Waals surface area contributed by atoms with Gasteiger partial charge in [-0.25, -0.2) is 0 Å². The van der Waals surface area contributed by atoms with Crippen molar-refractivity contribution in [3.05, 3.63) is 40.6 Å². The van der Waals surface area contributed by atoms with Crippen molar-refractivity contribution in [3.63, 3.8) is 0 Å². The number of furan rings is 1. The zero-order chi connectivity index (χ0) is 14.1. The summed E-state index contributed by atoms with van der Waals surface area (Å²) in [6.45, 7) is 4.04. The highest BCUT2D eigenvalue weighted by Gasteiger charge is 2.24. The molecule has 6 nitrogen and oxygen atoms in total. The number of fused-ring (bicyclic) bond motifs is 1. The molecule has 0 saturated carbocycles. The highest BCUT2D eigenvalue weighted by atomic mass is 35.5. The highest BCUT2D eigenvalue weighted by molar-refractivity contribution is 5.93. The van der Waals surface area contributed by atoms with Crippen LogP contribution in [0.5, 0.6) is 0 Å². The molecular weight excluding hydrogens is 292 g/mol. The number of aromatic amines is 1. The van der Waals surface area contributed by atoms with Gasteiger partial charge in [-0.3, -0.25) is 9.89 Å². The largest absolute Gasteiger partial charge is 0.469 e.